The van der Waals surface area contributed by atoms with E-state index in [1.165, 1.54) is 28.5 Å². The molecule has 2 heterocycles. The highest BCUT2D eigenvalue weighted by Gasteiger charge is 2.29. The van der Waals surface area contributed by atoms with Crippen molar-refractivity contribution in [1.82, 2.24) is 14.9 Å². The Hall–Kier alpha value is -1.65. The molecule has 3 nitrogen and oxygen atoms in total. The van der Waals surface area contributed by atoms with Gasteiger partial charge in [0.15, 0.2) is 0 Å². The highest BCUT2D eigenvalue weighted by Crippen LogP contribution is 2.32. The number of hydrogen-bond acceptors (Lipinski definition) is 3. The van der Waals surface area contributed by atoms with Gasteiger partial charge < -0.3 is 9.88 Å². The van der Waals surface area contributed by atoms with Crippen molar-refractivity contribution in [2.45, 2.75) is 31.5 Å². The van der Waals surface area contributed by atoms with Gasteiger partial charge in [0.2, 0.25) is 0 Å². The molecule has 4 heteroatoms. The van der Waals surface area contributed by atoms with Crippen LogP contribution >= 0.6 is 11.3 Å². The highest BCUT2D eigenvalue weighted by molar-refractivity contribution is 7.17. The molecule has 0 bridgehead atoms. The van der Waals surface area contributed by atoms with Gasteiger partial charge in [0.05, 0.1) is 6.33 Å². The molecule has 0 atom stereocenters. The van der Waals surface area contributed by atoms with Crippen LogP contribution in [0.5, 0.6) is 0 Å². The lowest BCUT2D eigenvalue weighted by Gasteiger charge is -2.36. The lowest BCUT2D eigenvalue weighted by Crippen LogP contribution is -2.41. The molecule has 0 aliphatic heterocycles. The third-order valence-electron chi connectivity index (χ3n) is 4.20. The summed E-state index contributed by atoms with van der Waals surface area (Å²) in [6, 6.07) is 10.0. The van der Waals surface area contributed by atoms with Gasteiger partial charge in [-0.1, -0.05) is 18.2 Å². The molecule has 1 aliphatic rings. The Morgan fingerprint density at radius 1 is 1.30 bits per heavy atom. The van der Waals surface area contributed by atoms with Gasteiger partial charge in [0, 0.05) is 35.7 Å². The van der Waals surface area contributed by atoms with Crippen molar-refractivity contribution in [3.05, 3.63) is 53.9 Å². The number of aromatic nitrogens is 2. The van der Waals surface area contributed by atoms with Crippen LogP contribution in [0.1, 0.15) is 24.4 Å². The molecule has 0 radical (unpaired) electrons. The fourth-order valence-corrected chi connectivity index (χ4v) is 3.85. The maximum atomic E-state index is 4.12. The number of nitrogens with zero attached hydrogens (tertiary/aromatic N) is 2. The summed E-state index contributed by atoms with van der Waals surface area (Å²) in [5, 5.41) is 7.22. The van der Waals surface area contributed by atoms with Gasteiger partial charge in [-0.25, -0.2) is 4.98 Å². The van der Waals surface area contributed by atoms with E-state index >= 15 is 0 Å². The molecule has 0 amide bonds. The van der Waals surface area contributed by atoms with Crippen LogP contribution in [0.25, 0.3) is 10.1 Å². The Kier molecular flexibility index (Phi) is 3.05. The number of nitrogens with one attached hydrogen (secondary N) is 1. The fraction of sp³-hybridized carbons (Fsp3) is 0.312. The van der Waals surface area contributed by atoms with Gasteiger partial charge >= 0.3 is 0 Å². The molecule has 1 N–H and O–H groups in total. The summed E-state index contributed by atoms with van der Waals surface area (Å²) in [6.07, 6.45) is 8.26. The maximum Gasteiger partial charge on any atom is 0.0948 e. The Bertz CT molecular complexity index is 695. The molecule has 3 aromatic rings. The highest BCUT2D eigenvalue weighted by atomic mass is 32.1. The van der Waals surface area contributed by atoms with Crippen molar-refractivity contribution < 1.29 is 0 Å². The molecule has 1 saturated carbocycles. The van der Waals surface area contributed by atoms with E-state index < -0.39 is 0 Å². The van der Waals surface area contributed by atoms with Crippen LogP contribution in [0.4, 0.5) is 0 Å². The molecule has 20 heavy (non-hydrogen) atoms. The number of imidazole rings is 1. The lowest BCUT2D eigenvalue weighted by atomic mass is 9.86. The zero-order valence-electron chi connectivity index (χ0n) is 11.2. The van der Waals surface area contributed by atoms with Crippen molar-refractivity contribution in [3.8, 4) is 0 Å². The van der Waals surface area contributed by atoms with Crippen LogP contribution in [-0.2, 0) is 6.54 Å². The third kappa shape index (κ3) is 2.15. The van der Waals surface area contributed by atoms with E-state index in [9.17, 15) is 0 Å². The maximum absolute atomic E-state index is 4.12. The molecule has 2 aromatic heterocycles. The van der Waals surface area contributed by atoms with E-state index in [4.69, 9.17) is 0 Å². The van der Waals surface area contributed by atoms with Crippen molar-refractivity contribution in [2.75, 3.05) is 0 Å². The second-order valence-electron chi connectivity index (χ2n) is 5.47. The molecular weight excluding hydrogens is 266 g/mol. The van der Waals surface area contributed by atoms with Crippen LogP contribution in [0.15, 0.2) is 48.4 Å². The predicted molar refractivity (Wildman–Crippen MR) is 83.0 cm³/mol. The van der Waals surface area contributed by atoms with E-state index in [0.717, 1.165) is 6.54 Å². The molecular formula is C16H17N3S. The van der Waals surface area contributed by atoms with Crippen LogP contribution in [0.3, 0.4) is 0 Å². The Morgan fingerprint density at radius 2 is 2.25 bits per heavy atom. The largest absolute Gasteiger partial charge is 0.334 e. The van der Waals surface area contributed by atoms with Crippen LogP contribution in [0.2, 0.25) is 0 Å². The number of rotatable bonds is 4. The lowest BCUT2D eigenvalue weighted by molar-refractivity contribution is 0.224. The van der Waals surface area contributed by atoms with E-state index in [2.05, 4.69) is 50.7 Å². The molecule has 102 valence electrons. The minimum atomic E-state index is 0.632. The van der Waals surface area contributed by atoms with E-state index in [0.29, 0.717) is 12.1 Å². The second-order valence-corrected chi connectivity index (χ2v) is 6.39. The SMILES string of the molecule is c1cc(CNC2CC(n3ccnc3)C2)c2sccc2c1. The number of thiophene rings is 1. The minimum absolute atomic E-state index is 0.632. The first-order valence-electron chi connectivity index (χ1n) is 7.06. The van der Waals surface area contributed by atoms with Gasteiger partial charge in [0.1, 0.15) is 0 Å². The molecule has 1 aromatic carbocycles. The standard InChI is InChI=1S/C16H17N3S/c1-2-12-4-7-20-16(12)13(3-1)10-18-14-8-15(9-14)19-6-5-17-11-19/h1-7,11,14-15,18H,8-10H2. The van der Waals surface area contributed by atoms with Crippen molar-refractivity contribution in [2.24, 2.45) is 0 Å². The minimum Gasteiger partial charge on any atom is -0.334 e. The average Bonchev–Trinajstić information content (AvgIpc) is 3.07. The second kappa shape index (κ2) is 5.04. The zero-order chi connectivity index (χ0) is 13.4. The topological polar surface area (TPSA) is 29.9 Å². The van der Waals surface area contributed by atoms with Crippen LogP contribution in [0, 0.1) is 0 Å². The van der Waals surface area contributed by atoms with E-state index in [-0.39, 0.29) is 0 Å². The van der Waals surface area contributed by atoms with Crippen molar-refractivity contribution in [1.29, 1.82) is 0 Å². The van der Waals surface area contributed by atoms with Crippen molar-refractivity contribution in [3.63, 3.8) is 0 Å². The molecule has 0 saturated heterocycles. The van der Waals surface area contributed by atoms with Gasteiger partial charge in [0.25, 0.3) is 0 Å². The Balaban J connectivity index is 1.37. The Morgan fingerprint density at radius 3 is 3.10 bits per heavy atom. The van der Waals surface area contributed by atoms with Gasteiger partial charge in [-0.05, 0) is 35.2 Å². The molecule has 4 rings (SSSR count). The summed E-state index contributed by atoms with van der Waals surface area (Å²) < 4.78 is 3.64. The fourth-order valence-electron chi connectivity index (χ4n) is 2.93. The van der Waals surface area contributed by atoms with E-state index in [1.54, 1.807) is 0 Å². The van der Waals surface area contributed by atoms with Crippen LogP contribution in [-0.4, -0.2) is 15.6 Å². The summed E-state index contributed by atoms with van der Waals surface area (Å²) >= 11 is 1.84. The normalized spacial score (nSPS) is 22.0. The zero-order valence-corrected chi connectivity index (χ0v) is 12.0. The Labute approximate surface area is 122 Å². The molecule has 1 aliphatic carbocycles. The number of hydrogen-bond donors (Lipinski definition) is 1. The number of fused-ring (bicyclic) bond motifs is 1. The van der Waals surface area contributed by atoms with E-state index in [1.807, 2.05) is 23.9 Å². The first-order valence-corrected chi connectivity index (χ1v) is 7.94. The van der Waals surface area contributed by atoms with Gasteiger partial charge in [-0.2, -0.15) is 0 Å². The summed E-state index contributed by atoms with van der Waals surface area (Å²) in [6.45, 7) is 0.971. The molecule has 1 fully saturated rings. The number of benzene rings is 1. The van der Waals surface area contributed by atoms with Gasteiger partial charge in [-0.15, -0.1) is 11.3 Å². The third-order valence-corrected chi connectivity index (χ3v) is 5.21. The first-order chi connectivity index (χ1) is 9.90. The predicted octanol–water partition coefficient (Wildman–Crippen LogP) is 3.59. The van der Waals surface area contributed by atoms with Crippen LogP contribution < -0.4 is 5.32 Å². The summed E-state index contributed by atoms with van der Waals surface area (Å²) in [5.74, 6) is 0. The molecule has 0 spiro atoms. The average molecular weight is 283 g/mol. The quantitative estimate of drug-likeness (QED) is 0.793. The molecule has 0 unspecified atom stereocenters. The summed E-state index contributed by atoms with van der Waals surface area (Å²) in [4.78, 5) is 4.12. The monoisotopic (exact) mass is 283 g/mol. The smallest absolute Gasteiger partial charge is 0.0948 e. The van der Waals surface area contributed by atoms with Crippen molar-refractivity contribution >= 4 is 21.4 Å². The van der Waals surface area contributed by atoms with Gasteiger partial charge in [-0.3, -0.25) is 0 Å². The summed E-state index contributed by atoms with van der Waals surface area (Å²) in [5.41, 5.74) is 1.42. The summed E-state index contributed by atoms with van der Waals surface area (Å²) in [7, 11) is 0. The first kappa shape index (κ1) is 12.1.